The summed E-state index contributed by atoms with van der Waals surface area (Å²) in [6.45, 7) is 3.39. The van der Waals surface area contributed by atoms with Gasteiger partial charge in [0, 0.05) is 5.39 Å². The normalized spacial score (nSPS) is 27.7. The minimum Gasteiger partial charge on any atom is -0.479 e. The number of methoxy groups -OCH3 is 1. The number of anilines is 1. The van der Waals surface area contributed by atoms with Crippen LogP contribution in [-0.4, -0.2) is 78.9 Å². The number of nitrogens with two attached hydrogens (primary N) is 1. The number of carbonyl (C=O) groups is 1. The van der Waals surface area contributed by atoms with E-state index in [1.54, 1.807) is 18.2 Å². The Morgan fingerprint density at radius 2 is 2.00 bits per heavy atom. The molecule has 0 amide bonds. The van der Waals surface area contributed by atoms with Crippen molar-refractivity contribution in [3.8, 4) is 11.6 Å². The average Bonchev–Trinajstić information content (AvgIpc) is 3.33. The molecular weight excluding hydrogens is 655 g/mol. The van der Waals surface area contributed by atoms with Crippen molar-refractivity contribution < 1.29 is 42.8 Å². The number of esters is 1. The Kier molecular flexibility index (Phi) is 8.46. The molecule has 4 aromatic rings. The summed E-state index contributed by atoms with van der Waals surface area (Å²) in [6, 6.07) is 11.4. The lowest BCUT2D eigenvalue weighted by Crippen LogP contribution is -2.49. The molecule has 2 aromatic carbocycles. The van der Waals surface area contributed by atoms with Gasteiger partial charge in [0.1, 0.15) is 29.6 Å². The summed E-state index contributed by atoms with van der Waals surface area (Å²) in [7, 11) is -3.17. The fourth-order valence-electron chi connectivity index (χ4n) is 6.44. The van der Waals surface area contributed by atoms with Crippen LogP contribution in [0, 0.1) is 0 Å². The number of ether oxygens (including phenoxy) is 3. The van der Waals surface area contributed by atoms with Crippen molar-refractivity contribution in [1.82, 2.24) is 24.6 Å². The quantitative estimate of drug-likeness (QED) is 0.0950. The van der Waals surface area contributed by atoms with Crippen molar-refractivity contribution in [1.29, 1.82) is 0 Å². The first-order valence-corrected chi connectivity index (χ1v) is 17.4. The van der Waals surface area contributed by atoms with Gasteiger partial charge in [-0.25, -0.2) is 14.3 Å². The molecule has 7 atom stereocenters. The number of hydrogen-bond donors (Lipinski definition) is 4. The Hall–Kier alpha value is -4.37. The zero-order chi connectivity index (χ0) is 34.6. The van der Waals surface area contributed by atoms with Gasteiger partial charge in [0.05, 0.1) is 20.0 Å². The fraction of sp³-hybridized carbons (Fsp3) is 0.394. The van der Waals surface area contributed by atoms with E-state index in [0.717, 1.165) is 5.39 Å². The number of carbonyl (C=O) groups excluding carboxylic acids is 1. The van der Waals surface area contributed by atoms with Gasteiger partial charge in [0.2, 0.25) is 11.8 Å². The predicted octanol–water partition coefficient (Wildman–Crippen LogP) is 3.72. The molecule has 7 rings (SSSR count). The van der Waals surface area contributed by atoms with Crippen LogP contribution in [0.25, 0.3) is 21.9 Å². The van der Waals surface area contributed by atoms with Gasteiger partial charge in [-0.1, -0.05) is 61.5 Å². The molecule has 1 saturated heterocycles. The summed E-state index contributed by atoms with van der Waals surface area (Å²) in [5.74, 6) is -0.416. The Labute approximate surface area is 281 Å². The summed E-state index contributed by atoms with van der Waals surface area (Å²) < 4.78 is 45.6. The van der Waals surface area contributed by atoms with Gasteiger partial charge in [-0.05, 0) is 43.2 Å². The lowest BCUT2D eigenvalue weighted by atomic mass is 9.95. The smallest absolute Gasteiger partial charge is 0.460 e. The zero-order valence-corrected chi connectivity index (χ0v) is 27.9. The average molecular weight is 693 g/mol. The Balaban J connectivity index is 1.22. The number of hydrogen-bond acceptors (Lipinski definition) is 13. The van der Waals surface area contributed by atoms with Crippen molar-refractivity contribution in [3.63, 3.8) is 0 Å². The van der Waals surface area contributed by atoms with E-state index in [1.807, 2.05) is 49.4 Å². The molecule has 49 heavy (non-hydrogen) atoms. The molecule has 15 nitrogen and oxygen atoms in total. The number of nitrogens with zero attached hydrogens (tertiary/aromatic N) is 4. The summed E-state index contributed by atoms with van der Waals surface area (Å²) >= 11 is 0. The van der Waals surface area contributed by atoms with Gasteiger partial charge in [-0.2, -0.15) is 15.1 Å². The van der Waals surface area contributed by atoms with Crippen LogP contribution in [0.2, 0.25) is 0 Å². The number of aliphatic hydroxyl groups is 2. The predicted molar refractivity (Wildman–Crippen MR) is 177 cm³/mol. The monoisotopic (exact) mass is 692 g/mol. The standard InChI is InChI=1S/C33H37N6O9P/c1-4-17-45-29(40)23(20-12-6-5-7-13-20)38-49(43,47-22-16-10-14-19-11-8-9-15-21(19)22)48-26-25-33(26,42)32(2,41)30(46-25)39-18-35-24-27(39)36-31(34)37-28(24)44-3/h5-6,8-11,13-16,18,23,25-26,30,41-42H,4,7,12,17H2,1-3H3,(H,38,43)(H2,34,36,37). The van der Waals surface area contributed by atoms with Gasteiger partial charge in [-0.3, -0.25) is 9.09 Å². The minimum absolute atomic E-state index is 0.0954. The van der Waals surface area contributed by atoms with E-state index in [1.165, 1.54) is 24.9 Å². The SMILES string of the molecule is CCCOC(=O)C(NP(=O)(Oc1cccc2ccccc12)OC1C2OC(n3cnc4c(OC)nc(N)nc43)C(C)(O)C21O)C1=CCC=CC1. The molecule has 1 aliphatic heterocycles. The van der Waals surface area contributed by atoms with Crippen molar-refractivity contribution in [2.24, 2.45) is 0 Å². The molecule has 2 aliphatic carbocycles. The third-order valence-corrected chi connectivity index (χ3v) is 10.6. The van der Waals surface area contributed by atoms with Gasteiger partial charge in [0.25, 0.3) is 0 Å². The van der Waals surface area contributed by atoms with Crippen molar-refractivity contribution >= 4 is 41.6 Å². The molecule has 5 N–H and O–H groups in total. The van der Waals surface area contributed by atoms with Gasteiger partial charge in [-0.15, -0.1) is 0 Å². The lowest BCUT2D eigenvalue weighted by molar-refractivity contribution is -0.155. The molecule has 2 aromatic heterocycles. The van der Waals surface area contributed by atoms with Crippen LogP contribution in [0.5, 0.6) is 11.6 Å². The minimum atomic E-state index is -4.58. The zero-order valence-electron chi connectivity index (χ0n) is 27.1. The van der Waals surface area contributed by atoms with Crippen LogP contribution in [0.3, 0.4) is 0 Å². The number of benzene rings is 2. The first kappa shape index (κ1) is 33.1. The Morgan fingerprint density at radius 1 is 1.20 bits per heavy atom. The molecule has 3 heterocycles. The van der Waals surface area contributed by atoms with Crippen LogP contribution in [0.15, 0.2) is 72.6 Å². The van der Waals surface area contributed by atoms with Crippen LogP contribution in [-0.2, 0) is 23.4 Å². The molecule has 258 valence electrons. The molecule has 0 spiro atoms. The van der Waals surface area contributed by atoms with E-state index >= 15 is 0 Å². The van der Waals surface area contributed by atoms with E-state index in [0.29, 0.717) is 30.2 Å². The summed E-state index contributed by atoms with van der Waals surface area (Å²) in [4.78, 5) is 26.0. The molecule has 3 aliphatic rings. The maximum Gasteiger partial charge on any atom is 0.460 e. The van der Waals surface area contributed by atoms with Crippen LogP contribution < -0.4 is 20.1 Å². The second-order valence-corrected chi connectivity index (χ2v) is 14.0. The second-order valence-electron chi connectivity index (χ2n) is 12.3. The number of allylic oxidation sites excluding steroid dienone is 3. The van der Waals surface area contributed by atoms with Crippen molar-refractivity contribution in [3.05, 3.63) is 72.6 Å². The van der Waals surface area contributed by atoms with Gasteiger partial charge >= 0.3 is 13.7 Å². The van der Waals surface area contributed by atoms with E-state index < -0.39 is 49.4 Å². The molecule has 1 saturated carbocycles. The maximum atomic E-state index is 15.0. The van der Waals surface area contributed by atoms with Crippen LogP contribution in [0.1, 0.15) is 39.3 Å². The topological polar surface area (TPSA) is 202 Å². The molecule has 16 heteroatoms. The largest absolute Gasteiger partial charge is 0.479 e. The van der Waals surface area contributed by atoms with Crippen LogP contribution in [0.4, 0.5) is 5.95 Å². The molecular formula is C33H37N6O9P. The maximum absolute atomic E-state index is 15.0. The van der Waals surface area contributed by atoms with Gasteiger partial charge < -0.3 is 34.7 Å². The number of fused-ring (bicyclic) bond motifs is 3. The number of imidazole rings is 1. The van der Waals surface area contributed by atoms with Gasteiger partial charge in [0.15, 0.2) is 23.0 Å². The molecule has 0 radical (unpaired) electrons. The van der Waals surface area contributed by atoms with E-state index in [9.17, 15) is 19.6 Å². The second kappa shape index (κ2) is 12.5. The highest BCUT2D eigenvalue weighted by atomic mass is 31.2. The molecule has 7 unspecified atom stereocenters. The summed E-state index contributed by atoms with van der Waals surface area (Å²) in [5, 5.41) is 28.1. The van der Waals surface area contributed by atoms with E-state index in [2.05, 4.69) is 20.0 Å². The third-order valence-electron chi connectivity index (χ3n) is 9.05. The van der Waals surface area contributed by atoms with Crippen molar-refractivity contribution in [2.45, 2.75) is 68.8 Å². The number of nitrogen functional groups attached to an aromatic ring is 1. The van der Waals surface area contributed by atoms with Crippen LogP contribution >= 0.6 is 7.75 Å². The van der Waals surface area contributed by atoms with E-state index in [-0.39, 0.29) is 35.3 Å². The first-order chi connectivity index (χ1) is 23.5. The Morgan fingerprint density at radius 3 is 2.71 bits per heavy atom. The summed E-state index contributed by atoms with van der Waals surface area (Å²) in [6.07, 6.45) is 4.90. The molecule has 0 bridgehead atoms. The van der Waals surface area contributed by atoms with Crippen molar-refractivity contribution in [2.75, 3.05) is 19.5 Å². The molecule has 2 fully saturated rings. The number of nitrogens with one attached hydrogen (secondary N) is 1. The Bertz CT molecular complexity index is 2030. The van der Waals surface area contributed by atoms with E-state index in [4.69, 9.17) is 29.0 Å². The highest BCUT2D eigenvalue weighted by Gasteiger charge is 2.84. The highest BCUT2D eigenvalue weighted by molar-refractivity contribution is 7.52. The lowest BCUT2D eigenvalue weighted by Gasteiger charge is -2.34. The highest BCUT2D eigenvalue weighted by Crippen LogP contribution is 2.65. The third kappa shape index (κ3) is 5.66. The summed E-state index contributed by atoms with van der Waals surface area (Å²) in [5.41, 5.74) is 2.86. The fourth-order valence-corrected chi connectivity index (χ4v) is 8.18. The number of aromatic nitrogens is 4. The first-order valence-electron chi connectivity index (χ1n) is 15.9. The number of rotatable bonds is 12.